The first kappa shape index (κ1) is 16.2. The van der Waals surface area contributed by atoms with E-state index in [4.69, 9.17) is 5.73 Å². The summed E-state index contributed by atoms with van der Waals surface area (Å²) >= 11 is 0. The van der Waals surface area contributed by atoms with E-state index in [1.54, 1.807) is 29.2 Å². The summed E-state index contributed by atoms with van der Waals surface area (Å²) in [5, 5.41) is 28.8. The highest BCUT2D eigenvalue weighted by molar-refractivity contribution is 5.82. The van der Waals surface area contributed by atoms with Crippen molar-refractivity contribution in [3.63, 3.8) is 0 Å². The molecule has 1 aromatic carbocycles. The maximum atomic E-state index is 12.5. The number of rotatable bonds is 3. The molecule has 2 aliphatic rings. The van der Waals surface area contributed by atoms with E-state index in [1.807, 2.05) is 0 Å². The molecule has 0 unspecified atom stereocenters. The summed E-state index contributed by atoms with van der Waals surface area (Å²) in [6.07, 6.45) is 0.149. The Morgan fingerprint density at radius 1 is 1.13 bits per heavy atom. The van der Waals surface area contributed by atoms with E-state index in [9.17, 15) is 20.1 Å². The Morgan fingerprint density at radius 3 is 2.17 bits per heavy atom. The van der Waals surface area contributed by atoms with Crippen LogP contribution in [-0.4, -0.2) is 57.5 Å². The average molecular weight is 320 g/mol. The van der Waals surface area contributed by atoms with Crippen molar-refractivity contribution in [2.24, 2.45) is 17.6 Å². The highest BCUT2D eigenvalue weighted by Crippen LogP contribution is 2.36. The van der Waals surface area contributed by atoms with E-state index in [2.05, 4.69) is 0 Å². The Bertz CT molecular complexity index is 544. The molecule has 1 saturated carbocycles. The number of phenols is 1. The van der Waals surface area contributed by atoms with Crippen molar-refractivity contribution < 1.29 is 20.1 Å². The van der Waals surface area contributed by atoms with Crippen LogP contribution in [0.1, 0.15) is 18.4 Å². The van der Waals surface area contributed by atoms with E-state index in [0.717, 1.165) is 5.56 Å². The van der Waals surface area contributed by atoms with Crippen molar-refractivity contribution in [2.45, 2.75) is 37.5 Å². The van der Waals surface area contributed by atoms with Gasteiger partial charge >= 0.3 is 0 Å². The molecule has 1 heterocycles. The molecule has 0 bridgehead atoms. The number of nitrogens with zero attached hydrogens (tertiary/aromatic N) is 1. The summed E-state index contributed by atoms with van der Waals surface area (Å²) < 4.78 is 0. The number of fused-ring (bicyclic) bond motifs is 1. The van der Waals surface area contributed by atoms with Crippen LogP contribution in [0, 0.1) is 11.8 Å². The molecule has 3 rings (SSSR count). The van der Waals surface area contributed by atoms with Crippen molar-refractivity contribution in [1.82, 2.24) is 4.90 Å². The van der Waals surface area contributed by atoms with Gasteiger partial charge in [0, 0.05) is 13.1 Å². The molecule has 0 radical (unpaired) electrons. The fourth-order valence-corrected chi connectivity index (χ4v) is 3.80. The third-order valence-electron chi connectivity index (χ3n) is 5.13. The molecule has 0 aromatic heterocycles. The number of likely N-dealkylation sites (tertiary alicyclic amines) is 1. The Hall–Kier alpha value is -1.63. The van der Waals surface area contributed by atoms with Crippen LogP contribution in [0.2, 0.25) is 0 Å². The summed E-state index contributed by atoms with van der Waals surface area (Å²) in [5.41, 5.74) is 6.97. The number of aromatic hydroxyl groups is 1. The highest BCUT2D eigenvalue weighted by atomic mass is 16.3. The zero-order valence-electron chi connectivity index (χ0n) is 13.0. The van der Waals surface area contributed by atoms with Gasteiger partial charge in [-0.15, -0.1) is 0 Å². The minimum absolute atomic E-state index is 0.0866. The molecule has 126 valence electrons. The zero-order chi connectivity index (χ0) is 16.6. The van der Waals surface area contributed by atoms with Crippen LogP contribution in [-0.2, 0) is 11.2 Å². The van der Waals surface area contributed by atoms with Gasteiger partial charge in [0.25, 0.3) is 0 Å². The SMILES string of the molecule is N[C@@H](Cc1ccc(O)cc1)C(=O)N1C[C@H]2C[C@H](O)[C@@H](O)C[C@H]2C1. The maximum Gasteiger partial charge on any atom is 0.239 e. The van der Waals surface area contributed by atoms with E-state index < -0.39 is 18.2 Å². The van der Waals surface area contributed by atoms with Gasteiger partial charge < -0.3 is 26.0 Å². The highest BCUT2D eigenvalue weighted by Gasteiger charge is 2.43. The van der Waals surface area contributed by atoms with Crippen LogP contribution >= 0.6 is 0 Å². The number of carbonyl (C=O) groups is 1. The lowest BCUT2D eigenvalue weighted by molar-refractivity contribution is -0.131. The number of aliphatic hydroxyl groups excluding tert-OH is 2. The monoisotopic (exact) mass is 320 g/mol. The average Bonchev–Trinajstić information content (AvgIpc) is 2.92. The molecule has 0 spiro atoms. The quantitative estimate of drug-likeness (QED) is 0.620. The zero-order valence-corrected chi connectivity index (χ0v) is 13.0. The fraction of sp³-hybridized carbons (Fsp3) is 0.588. The molecule has 6 nitrogen and oxygen atoms in total. The molecule has 1 aliphatic heterocycles. The third-order valence-corrected chi connectivity index (χ3v) is 5.13. The van der Waals surface area contributed by atoms with Crippen LogP contribution < -0.4 is 5.73 Å². The second-order valence-electron chi connectivity index (χ2n) is 6.85. The number of nitrogens with two attached hydrogens (primary N) is 1. The van der Waals surface area contributed by atoms with Gasteiger partial charge in [0.05, 0.1) is 18.2 Å². The minimum atomic E-state index is -0.683. The molecule has 5 atom stereocenters. The second kappa shape index (κ2) is 6.47. The molecule has 6 heteroatoms. The Balaban J connectivity index is 1.59. The smallest absolute Gasteiger partial charge is 0.239 e. The van der Waals surface area contributed by atoms with Crippen LogP contribution in [0.15, 0.2) is 24.3 Å². The number of amides is 1. The molecular formula is C17H24N2O4. The molecule has 2 fully saturated rings. The third kappa shape index (κ3) is 3.49. The first-order valence-electron chi connectivity index (χ1n) is 8.12. The molecule has 23 heavy (non-hydrogen) atoms. The number of hydrogen-bond donors (Lipinski definition) is 4. The maximum absolute atomic E-state index is 12.5. The van der Waals surface area contributed by atoms with E-state index >= 15 is 0 Å². The van der Waals surface area contributed by atoms with Gasteiger partial charge in [-0.05, 0) is 48.8 Å². The molecule has 1 aromatic rings. The normalized spacial score (nSPS) is 31.7. The summed E-state index contributed by atoms with van der Waals surface area (Å²) in [7, 11) is 0. The van der Waals surface area contributed by atoms with E-state index in [0.29, 0.717) is 32.4 Å². The lowest BCUT2D eigenvalue weighted by atomic mass is 9.79. The number of carbonyl (C=O) groups excluding carboxylic acids is 1. The van der Waals surface area contributed by atoms with Gasteiger partial charge in [0.15, 0.2) is 0 Å². The van der Waals surface area contributed by atoms with E-state index in [-0.39, 0.29) is 23.5 Å². The van der Waals surface area contributed by atoms with Crippen LogP contribution in [0.4, 0.5) is 0 Å². The first-order valence-corrected chi connectivity index (χ1v) is 8.12. The molecule has 5 N–H and O–H groups in total. The Kier molecular flexibility index (Phi) is 4.57. The second-order valence-corrected chi connectivity index (χ2v) is 6.85. The van der Waals surface area contributed by atoms with Gasteiger partial charge in [-0.2, -0.15) is 0 Å². The minimum Gasteiger partial charge on any atom is -0.508 e. The summed E-state index contributed by atoms with van der Waals surface area (Å²) in [5.74, 6) is 0.599. The van der Waals surface area contributed by atoms with Crippen LogP contribution in [0.25, 0.3) is 0 Å². The van der Waals surface area contributed by atoms with Crippen molar-refractivity contribution in [3.8, 4) is 5.75 Å². The number of phenolic OH excluding ortho intramolecular Hbond substituents is 1. The lowest BCUT2D eigenvalue weighted by Crippen LogP contribution is -2.44. The Labute approximate surface area is 135 Å². The molecule has 1 aliphatic carbocycles. The lowest BCUT2D eigenvalue weighted by Gasteiger charge is -2.31. The van der Waals surface area contributed by atoms with Crippen molar-refractivity contribution in [2.75, 3.05) is 13.1 Å². The summed E-state index contributed by atoms with van der Waals surface area (Å²) in [4.78, 5) is 14.3. The van der Waals surface area contributed by atoms with Crippen LogP contribution in [0.5, 0.6) is 5.75 Å². The van der Waals surface area contributed by atoms with Crippen LogP contribution in [0.3, 0.4) is 0 Å². The predicted octanol–water partition coefficient (Wildman–Crippen LogP) is -0.148. The van der Waals surface area contributed by atoms with Gasteiger partial charge in [0.2, 0.25) is 5.91 Å². The van der Waals surface area contributed by atoms with Gasteiger partial charge in [-0.1, -0.05) is 12.1 Å². The first-order chi connectivity index (χ1) is 10.9. The van der Waals surface area contributed by atoms with Crippen molar-refractivity contribution >= 4 is 5.91 Å². The number of hydrogen-bond acceptors (Lipinski definition) is 5. The van der Waals surface area contributed by atoms with Crippen molar-refractivity contribution in [1.29, 1.82) is 0 Å². The topological polar surface area (TPSA) is 107 Å². The van der Waals surface area contributed by atoms with E-state index in [1.165, 1.54) is 0 Å². The van der Waals surface area contributed by atoms with Gasteiger partial charge in [-0.25, -0.2) is 0 Å². The largest absolute Gasteiger partial charge is 0.508 e. The molecular weight excluding hydrogens is 296 g/mol. The number of benzene rings is 1. The number of aliphatic hydroxyl groups is 2. The summed E-state index contributed by atoms with van der Waals surface area (Å²) in [6.45, 7) is 1.22. The Morgan fingerprint density at radius 2 is 1.65 bits per heavy atom. The van der Waals surface area contributed by atoms with Gasteiger partial charge in [0.1, 0.15) is 5.75 Å². The fourth-order valence-electron chi connectivity index (χ4n) is 3.80. The van der Waals surface area contributed by atoms with Crippen molar-refractivity contribution in [3.05, 3.63) is 29.8 Å². The summed E-state index contributed by atoms with van der Waals surface area (Å²) in [6, 6.07) is 6.08. The van der Waals surface area contributed by atoms with Gasteiger partial charge in [-0.3, -0.25) is 4.79 Å². The molecule has 1 amide bonds. The standard InChI is InChI=1S/C17H24N2O4/c18-14(5-10-1-3-13(20)4-2-10)17(23)19-8-11-6-15(21)16(22)7-12(11)9-19/h1-4,11-12,14-16,20-22H,5-9,18H2/t11-,12+,14-,15-,16-/m0/s1. The molecule has 1 saturated heterocycles. The predicted molar refractivity (Wildman–Crippen MR) is 84.6 cm³/mol.